The van der Waals surface area contributed by atoms with Crippen LogP contribution in [0.15, 0.2) is 65.5 Å². The van der Waals surface area contributed by atoms with E-state index in [0.717, 1.165) is 11.1 Å². The first kappa shape index (κ1) is 15.3. The monoisotopic (exact) mass is 311 g/mol. The smallest absolute Gasteiger partial charge is 0.252 e. The Balaban J connectivity index is 2.00. The van der Waals surface area contributed by atoms with Crippen LogP contribution in [-0.4, -0.2) is 4.98 Å². The molecule has 0 saturated heterocycles. The molecule has 1 N–H and O–H groups in total. The molecule has 1 aromatic heterocycles. The number of hydrogen-bond acceptors (Lipinski definition) is 3. The van der Waals surface area contributed by atoms with Crippen molar-refractivity contribution in [2.45, 2.75) is 6.42 Å². The number of nitriles is 2. The summed E-state index contributed by atoms with van der Waals surface area (Å²) in [5.74, 6) is 0. The van der Waals surface area contributed by atoms with E-state index < -0.39 is 0 Å². The molecule has 1 heterocycles. The van der Waals surface area contributed by atoms with Crippen molar-refractivity contribution in [2.24, 2.45) is 0 Å². The zero-order valence-corrected chi connectivity index (χ0v) is 12.8. The van der Waals surface area contributed by atoms with Gasteiger partial charge >= 0.3 is 0 Å². The quantitative estimate of drug-likeness (QED) is 0.805. The van der Waals surface area contributed by atoms with Crippen LogP contribution in [0, 0.1) is 22.7 Å². The highest BCUT2D eigenvalue weighted by atomic mass is 16.1. The van der Waals surface area contributed by atoms with Gasteiger partial charge in [-0.3, -0.25) is 4.79 Å². The topological polar surface area (TPSA) is 80.4 Å². The van der Waals surface area contributed by atoms with Gasteiger partial charge in [0.15, 0.2) is 0 Å². The lowest BCUT2D eigenvalue weighted by molar-refractivity contribution is 1.09. The maximum atomic E-state index is 12.4. The summed E-state index contributed by atoms with van der Waals surface area (Å²) >= 11 is 0. The summed E-state index contributed by atoms with van der Waals surface area (Å²) in [6, 6.07) is 22.2. The van der Waals surface area contributed by atoms with Gasteiger partial charge in [-0.1, -0.05) is 42.5 Å². The van der Waals surface area contributed by atoms with Crippen LogP contribution >= 0.6 is 0 Å². The van der Waals surface area contributed by atoms with Crippen molar-refractivity contribution in [1.82, 2.24) is 4.98 Å². The number of aromatic amines is 1. The number of nitrogens with one attached hydrogen (secondary N) is 1. The molecular weight excluding hydrogens is 298 g/mol. The first-order chi connectivity index (χ1) is 11.7. The lowest BCUT2D eigenvalue weighted by Gasteiger charge is -2.07. The van der Waals surface area contributed by atoms with Crippen LogP contribution in [0.4, 0.5) is 0 Å². The fourth-order valence-corrected chi connectivity index (χ4v) is 2.54. The van der Waals surface area contributed by atoms with Gasteiger partial charge in [0, 0.05) is 12.0 Å². The summed E-state index contributed by atoms with van der Waals surface area (Å²) in [5.41, 5.74) is 3.57. The number of pyridine rings is 1. The van der Waals surface area contributed by atoms with Crippen LogP contribution in [0.25, 0.3) is 11.3 Å². The van der Waals surface area contributed by atoms with Crippen LogP contribution in [0.5, 0.6) is 0 Å². The number of H-pyrrole nitrogens is 1. The normalized spacial score (nSPS) is 9.92. The highest BCUT2D eigenvalue weighted by Crippen LogP contribution is 2.20. The van der Waals surface area contributed by atoms with E-state index in [0.29, 0.717) is 28.8 Å². The minimum absolute atomic E-state index is 0.211. The van der Waals surface area contributed by atoms with Crippen LogP contribution < -0.4 is 5.56 Å². The summed E-state index contributed by atoms with van der Waals surface area (Å²) in [4.78, 5) is 15.2. The molecule has 3 aromatic rings. The van der Waals surface area contributed by atoms with Crippen molar-refractivity contribution >= 4 is 0 Å². The van der Waals surface area contributed by atoms with Gasteiger partial charge < -0.3 is 4.98 Å². The molecule has 3 rings (SSSR count). The molecule has 0 aliphatic carbocycles. The molecule has 24 heavy (non-hydrogen) atoms. The van der Waals surface area contributed by atoms with E-state index in [1.165, 1.54) is 0 Å². The minimum atomic E-state index is -0.211. The average molecular weight is 311 g/mol. The van der Waals surface area contributed by atoms with Gasteiger partial charge in [-0.15, -0.1) is 0 Å². The lowest BCUT2D eigenvalue weighted by atomic mass is 10.0. The lowest BCUT2D eigenvalue weighted by Crippen LogP contribution is -2.15. The van der Waals surface area contributed by atoms with E-state index in [1.807, 2.05) is 42.5 Å². The zero-order chi connectivity index (χ0) is 16.9. The summed E-state index contributed by atoms with van der Waals surface area (Å²) in [5, 5.41) is 18.2. The van der Waals surface area contributed by atoms with Crippen molar-refractivity contribution in [3.05, 3.63) is 93.3 Å². The second kappa shape index (κ2) is 6.64. The maximum absolute atomic E-state index is 12.4. The number of hydrogen-bond donors (Lipinski definition) is 1. The van der Waals surface area contributed by atoms with E-state index in [9.17, 15) is 10.1 Å². The van der Waals surface area contributed by atoms with E-state index in [2.05, 4.69) is 17.1 Å². The van der Waals surface area contributed by atoms with Crippen molar-refractivity contribution < 1.29 is 0 Å². The molecule has 114 valence electrons. The molecule has 0 radical (unpaired) electrons. The van der Waals surface area contributed by atoms with Crippen molar-refractivity contribution in [3.63, 3.8) is 0 Å². The predicted molar refractivity (Wildman–Crippen MR) is 91.2 cm³/mol. The van der Waals surface area contributed by atoms with Gasteiger partial charge in [-0.2, -0.15) is 10.5 Å². The minimum Gasteiger partial charge on any atom is -0.321 e. The third-order valence-electron chi connectivity index (χ3n) is 3.78. The SMILES string of the molecule is N#Cc1ccc(Cc2cc(C#N)c(-c3ccccc3)[nH]c2=O)cc1. The van der Waals surface area contributed by atoms with Crippen LogP contribution in [0.3, 0.4) is 0 Å². The van der Waals surface area contributed by atoms with Crippen LogP contribution in [0.2, 0.25) is 0 Å². The van der Waals surface area contributed by atoms with Gasteiger partial charge in [0.1, 0.15) is 6.07 Å². The Bertz CT molecular complexity index is 1000. The van der Waals surface area contributed by atoms with Crippen molar-refractivity contribution in [1.29, 1.82) is 10.5 Å². The first-order valence-electron chi connectivity index (χ1n) is 7.42. The van der Waals surface area contributed by atoms with Crippen molar-refractivity contribution in [2.75, 3.05) is 0 Å². The molecule has 4 heteroatoms. The fraction of sp³-hybridized carbons (Fsp3) is 0.0500. The third-order valence-corrected chi connectivity index (χ3v) is 3.78. The molecule has 0 atom stereocenters. The molecule has 0 fully saturated rings. The summed E-state index contributed by atoms with van der Waals surface area (Å²) in [6.07, 6.45) is 0.408. The summed E-state index contributed by atoms with van der Waals surface area (Å²) in [6.45, 7) is 0. The van der Waals surface area contributed by atoms with E-state index in [1.54, 1.807) is 18.2 Å². The molecule has 0 aliphatic rings. The fourth-order valence-electron chi connectivity index (χ4n) is 2.54. The molecule has 4 nitrogen and oxygen atoms in total. The molecule has 0 spiro atoms. The molecule has 2 aromatic carbocycles. The average Bonchev–Trinajstić information content (AvgIpc) is 2.64. The van der Waals surface area contributed by atoms with Gasteiger partial charge in [-0.25, -0.2) is 0 Å². The Kier molecular flexibility index (Phi) is 4.23. The number of benzene rings is 2. The molecular formula is C20H13N3O. The Hall–Kier alpha value is -3.63. The van der Waals surface area contributed by atoms with E-state index in [4.69, 9.17) is 5.26 Å². The Morgan fingerprint density at radius 3 is 2.25 bits per heavy atom. The van der Waals surface area contributed by atoms with Gasteiger partial charge in [0.25, 0.3) is 5.56 Å². The molecule has 0 aliphatic heterocycles. The first-order valence-corrected chi connectivity index (χ1v) is 7.42. The largest absolute Gasteiger partial charge is 0.321 e. The number of nitrogens with zero attached hydrogens (tertiary/aromatic N) is 2. The molecule has 0 unspecified atom stereocenters. The second-order valence-corrected chi connectivity index (χ2v) is 5.38. The number of aromatic nitrogens is 1. The van der Waals surface area contributed by atoms with E-state index in [-0.39, 0.29) is 5.56 Å². The third kappa shape index (κ3) is 3.09. The maximum Gasteiger partial charge on any atom is 0.252 e. The summed E-state index contributed by atoms with van der Waals surface area (Å²) < 4.78 is 0. The van der Waals surface area contributed by atoms with Crippen LogP contribution in [-0.2, 0) is 6.42 Å². The summed E-state index contributed by atoms with van der Waals surface area (Å²) in [7, 11) is 0. The molecule has 0 bridgehead atoms. The Morgan fingerprint density at radius 2 is 1.62 bits per heavy atom. The van der Waals surface area contributed by atoms with Crippen LogP contribution in [0.1, 0.15) is 22.3 Å². The zero-order valence-electron chi connectivity index (χ0n) is 12.8. The second-order valence-electron chi connectivity index (χ2n) is 5.38. The Morgan fingerprint density at radius 1 is 0.917 bits per heavy atom. The van der Waals surface area contributed by atoms with Gasteiger partial charge in [-0.05, 0) is 29.3 Å². The van der Waals surface area contributed by atoms with Gasteiger partial charge in [0.05, 0.1) is 22.9 Å². The van der Waals surface area contributed by atoms with E-state index >= 15 is 0 Å². The highest BCUT2D eigenvalue weighted by molar-refractivity contribution is 5.66. The standard InChI is InChI=1S/C20H13N3O/c21-12-15-8-6-14(7-9-15)10-17-11-18(13-22)19(23-20(17)24)16-4-2-1-3-5-16/h1-9,11H,10H2,(H,23,24). The molecule has 0 amide bonds. The van der Waals surface area contributed by atoms with Crippen molar-refractivity contribution in [3.8, 4) is 23.4 Å². The molecule has 0 saturated carbocycles. The predicted octanol–water partition coefficient (Wildman–Crippen LogP) is 3.38. The number of rotatable bonds is 3. The highest BCUT2D eigenvalue weighted by Gasteiger charge is 2.10. The Labute approximate surface area is 139 Å². The van der Waals surface area contributed by atoms with Gasteiger partial charge in [0.2, 0.25) is 0 Å².